The summed E-state index contributed by atoms with van der Waals surface area (Å²) in [5.74, 6) is 1.25. The molecule has 1 saturated heterocycles. The minimum absolute atomic E-state index is 0.0567. The number of para-hydroxylation sites is 1. The number of anilines is 3. The summed E-state index contributed by atoms with van der Waals surface area (Å²) in [7, 11) is 1.66. The van der Waals surface area contributed by atoms with Crippen molar-refractivity contribution in [3.8, 4) is 22.9 Å². The van der Waals surface area contributed by atoms with E-state index < -0.39 is 0 Å². The molecule has 0 unspecified atom stereocenters. The number of amides is 1. The van der Waals surface area contributed by atoms with Gasteiger partial charge in [-0.1, -0.05) is 30.3 Å². The Balaban J connectivity index is 1.30. The highest BCUT2D eigenvalue weighted by atomic mass is 16.5. The third kappa shape index (κ3) is 4.91. The normalized spacial score (nSPS) is 13.3. The van der Waals surface area contributed by atoms with E-state index in [4.69, 9.17) is 15.0 Å². The Morgan fingerprint density at radius 3 is 2.47 bits per heavy atom. The van der Waals surface area contributed by atoms with Gasteiger partial charge in [-0.15, -0.1) is 0 Å². The number of carbonyl (C=O) groups is 1. The zero-order valence-electron chi connectivity index (χ0n) is 20.0. The van der Waals surface area contributed by atoms with Crippen LogP contribution in [0.25, 0.3) is 22.0 Å². The molecule has 0 saturated carbocycles. The van der Waals surface area contributed by atoms with Crippen LogP contribution in [0.2, 0.25) is 0 Å². The second-order valence-electron chi connectivity index (χ2n) is 8.54. The predicted molar refractivity (Wildman–Crippen MR) is 140 cm³/mol. The van der Waals surface area contributed by atoms with Crippen LogP contribution >= 0.6 is 0 Å². The van der Waals surface area contributed by atoms with E-state index in [0.29, 0.717) is 19.0 Å². The lowest BCUT2D eigenvalue weighted by atomic mass is 10.0. The highest BCUT2D eigenvalue weighted by Gasteiger charge is 2.21. The molecule has 180 valence electrons. The third-order valence-electron chi connectivity index (χ3n) is 6.36. The van der Waals surface area contributed by atoms with E-state index in [2.05, 4.69) is 33.4 Å². The Kier molecular flexibility index (Phi) is 6.63. The molecule has 3 aromatic carbocycles. The van der Waals surface area contributed by atoms with Crippen molar-refractivity contribution in [2.24, 2.45) is 0 Å². The number of hydrogen-bond acceptors (Lipinski definition) is 7. The fourth-order valence-electron chi connectivity index (χ4n) is 4.40. The molecule has 1 N–H and O–H groups in total. The molecular weight excluding hydrogens is 452 g/mol. The highest BCUT2D eigenvalue weighted by Crippen LogP contribution is 2.29. The average Bonchev–Trinajstić information content (AvgIpc) is 2.93. The molecule has 2 heterocycles. The molecule has 0 atom stereocenters. The van der Waals surface area contributed by atoms with E-state index in [0.717, 1.165) is 52.2 Å². The van der Waals surface area contributed by atoms with Gasteiger partial charge in [0.25, 0.3) is 0 Å². The number of aromatic nitrogens is 2. The minimum Gasteiger partial charge on any atom is -0.497 e. The molecule has 1 aliphatic heterocycles. The van der Waals surface area contributed by atoms with E-state index in [1.807, 2.05) is 60.8 Å². The van der Waals surface area contributed by atoms with E-state index in [1.54, 1.807) is 12.0 Å². The molecule has 8 nitrogen and oxygen atoms in total. The summed E-state index contributed by atoms with van der Waals surface area (Å²) in [6, 6.07) is 24.1. The van der Waals surface area contributed by atoms with Gasteiger partial charge in [0.1, 0.15) is 12.2 Å². The van der Waals surface area contributed by atoms with Crippen molar-refractivity contribution < 1.29 is 9.53 Å². The minimum atomic E-state index is -0.0952. The fourth-order valence-corrected chi connectivity index (χ4v) is 4.40. The zero-order chi connectivity index (χ0) is 24.9. The lowest BCUT2D eigenvalue weighted by molar-refractivity contribution is -0.130. The van der Waals surface area contributed by atoms with Gasteiger partial charge in [-0.3, -0.25) is 4.79 Å². The lowest BCUT2D eigenvalue weighted by Gasteiger charge is -2.35. The Hall–Kier alpha value is -4.64. The second-order valence-corrected chi connectivity index (χ2v) is 8.54. The van der Waals surface area contributed by atoms with Crippen LogP contribution in [0.1, 0.15) is 6.42 Å². The highest BCUT2D eigenvalue weighted by molar-refractivity contribution is 5.94. The lowest BCUT2D eigenvalue weighted by Crippen LogP contribution is -2.48. The van der Waals surface area contributed by atoms with Gasteiger partial charge >= 0.3 is 0 Å². The molecule has 5 rings (SSSR count). The van der Waals surface area contributed by atoms with Crippen molar-refractivity contribution in [1.82, 2.24) is 14.9 Å². The standard InChI is InChI=1S/C28H26N6O2/c1-36-24-11-5-20(6-12-24)25-4-2-3-21-19-30-28(32-27(21)25)31-22-7-9-23(10-8-22)33-15-17-34(18-16-33)26(35)13-14-29/h2-12,19H,13,15-18H2,1H3,(H,30,31,32). The van der Waals surface area contributed by atoms with Gasteiger partial charge in [0.2, 0.25) is 11.9 Å². The average molecular weight is 479 g/mol. The van der Waals surface area contributed by atoms with Crippen molar-refractivity contribution in [3.05, 3.63) is 72.9 Å². The fraction of sp³-hybridized carbons (Fsp3) is 0.214. The molecule has 1 amide bonds. The monoisotopic (exact) mass is 478 g/mol. The first-order chi connectivity index (χ1) is 17.6. The Labute approximate surface area is 209 Å². The summed E-state index contributed by atoms with van der Waals surface area (Å²) in [5, 5.41) is 13.0. The van der Waals surface area contributed by atoms with Crippen LogP contribution in [0.15, 0.2) is 72.9 Å². The van der Waals surface area contributed by atoms with Gasteiger partial charge in [0, 0.05) is 54.7 Å². The number of carbonyl (C=O) groups excluding carboxylic acids is 1. The molecule has 1 aliphatic rings. The van der Waals surface area contributed by atoms with Crippen LogP contribution in [-0.2, 0) is 4.79 Å². The number of ether oxygens (including phenoxy) is 1. The maximum Gasteiger partial charge on any atom is 0.236 e. The predicted octanol–water partition coefficient (Wildman–Crippen LogP) is 4.61. The van der Waals surface area contributed by atoms with Crippen molar-refractivity contribution in [2.75, 3.05) is 43.5 Å². The first kappa shape index (κ1) is 23.1. The van der Waals surface area contributed by atoms with Crippen molar-refractivity contribution >= 4 is 34.1 Å². The number of nitrogens with one attached hydrogen (secondary N) is 1. The van der Waals surface area contributed by atoms with Gasteiger partial charge < -0.3 is 19.9 Å². The summed E-state index contributed by atoms with van der Waals surface area (Å²) in [5.41, 5.74) is 4.95. The molecule has 1 aromatic heterocycles. The molecule has 4 aromatic rings. The molecule has 0 bridgehead atoms. The number of fused-ring (bicyclic) bond motifs is 1. The molecule has 1 fully saturated rings. The SMILES string of the molecule is COc1ccc(-c2cccc3cnc(Nc4ccc(N5CCN(C(=O)CC#N)CC5)cc4)nc23)cc1. The second kappa shape index (κ2) is 10.3. The number of hydrogen-bond donors (Lipinski definition) is 1. The Morgan fingerprint density at radius 1 is 1.03 bits per heavy atom. The first-order valence-corrected chi connectivity index (χ1v) is 11.8. The molecule has 0 aliphatic carbocycles. The van der Waals surface area contributed by atoms with E-state index in [9.17, 15) is 4.79 Å². The van der Waals surface area contributed by atoms with Crippen LogP contribution in [0.5, 0.6) is 5.75 Å². The van der Waals surface area contributed by atoms with Crippen LogP contribution < -0.4 is 15.0 Å². The number of nitriles is 1. The summed E-state index contributed by atoms with van der Waals surface area (Å²) >= 11 is 0. The molecule has 0 spiro atoms. The van der Waals surface area contributed by atoms with Crippen molar-refractivity contribution in [3.63, 3.8) is 0 Å². The topological polar surface area (TPSA) is 94.4 Å². The van der Waals surface area contributed by atoms with E-state index >= 15 is 0 Å². The smallest absolute Gasteiger partial charge is 0.236 e. The number of piperazine rings is 1. The Bertz CT molecular complexity index is 1410. The van der Waals surface area contributed by atoms with Gasteiger partial charge in [-0.2, -0.15) is 5.26 Å². The summed E-state index contributed by atoms with van der Waals surface area (Å²) in [6.45, 7) is 2.74. The van der Waals surface area contributed by atoms with Gasteiger partial charge in [0.05, 0.1) is 18.7 Å². The summed E-state index contributed by atoms with van der Waals surface area (Å²) in [4.78, 5) is 25.3. The van der Waals surface area contributed by atoms with Gasteiger partial charge in [-0.05, 0) is 42.0 Å². The maximum absolute atomic E-state index is 11.9. The van der Waals surface area contributed by atoms with Gasteiger partial charge in [-0.25, -0.2) is 9.97 Å². The van der Waals surface area contributed by atoms with Crippen LogP contribution in [-0.4, -0.2) is 54.1 Å². The number of rotatable bonds is 6. The number of methoxy groups -OCH3 is 1. The maximum atomic E-state index is 11.9. The first-order valence-electron chi connectivity index (χ1n) is 11.8. The third-order valence-corrected chi connectivity index (χ3v) is 6.36. The Morgan fingerprint density at radius 2 is 1.78 bits per heavy atom. The van der Waals surface area contributed by atoms with Crippen LogP contribution in [0.3, 0.4) is 0 Å². The van der Waals surface area contributed by atoms with Gasteiger partial charge in [0.15, 0.2) is 0 Å². The number of benzene rings is 3. The molecule has 8 heteroatoms. The van der Waals surface area contributed by atoms with E-state index in [1.165, 1.54) is 0 Å². The molecule has 36 heavy (non-hydrogen) atoms. The van der Waals surface area contributed by atoms with Crippen LogP contribution in [0.4, 0.5) is 17.3 Å². The number of nitrogens with zero attached hydrogens (tertiary/aromatic N) is 5. The summed E-state index contributed by atoms with van der Waals surface area (Å²) in [6.07, 6.45) is 1.78. The zero-order valence-corrected chi connectivity index (χ0v) is 20.0. The summed E-state index contributed by atoms with van der Waals surface area (Å²) < 4.78 is 5.28. The molecular formula is C28H26N6O2. The van der Waals surface area contributed by atoms with Crippen LogP contribution in [0, 0.1) is 11.3 Å². The van der Waals surface area contributed by atoms with E-state index in [-0.39, 0.29) is 12.3 Å². The largest absolute Gasteiger partial charge is 0.497 e. The molecule has 0 radical (unpaired) electrons. The quantitative estimate of drug-likeness (QED) is 0.432. The van der Waals surface area contributed by atoms with Crippen molar-refractivity contribution in [2.45, 2.75) is 6.42 Å². The van der Waals surface area contributed by atoms with Crippen molar-refractivity contribution in [1.29, 1.82) is 5.26 Å².